The second kappa shape index (κ2) is 7.49. The van der Waals surface area contributed by atoms with E-state index in [0.717, 1.165) is 26.1 Å². The third kappa shape index (κ3) is 4.15. The number of nitrogens with one attached hydrogen (secondary N) is 1. The molecule has 0 aromatic heterocycles. The molecule has 0 heterocycles. The summed E-state index contributed by atoms with van der Waals surface area (Å²) in [4.78, 5) is 20.3. The minimum atomic E-state index is -0.704. The third-order valence-electron chi connectivity index (χ3n) is 3.09. The van der Waals surface area contributed by atoms with Crippen molar-refractivity contribution in [3.05, 3.63) is 70.6 Å². The van der Waals surface area contributed by atoms with Crippen LogP contribution in [-0.4, -0.2) is 16.1 Å². The van der Waals surface area contributed by atoms with Crippen LogP contribution >= 0.6 is 31.9 Å². The van der Waals surface area contributed by atoms with Crippen molar-refractivity contribution in [3.8, 4) is 0 Å². The summed E-state index contributed by atoms with van der Waals surface area (Å²) in [7, 11) is 0. The molecular formula is C14H10Br2N4O4. The van der Waals surface area contributed by atoms with Gasteiger partial charge < -0.3 is 0 Å². The van der Waals surface area contributed by atoms with Crippen LogP contribution in [0.4, 0.5) is 17.1 Å². The van der Waals surface area contributed by atoms with Crippen LogP contribution in [0.2, 0.25) is 0 Å². The lowest BCUT2D eigenvalue weighted by Gasteiger charge is -2.04. The maximum absolute atomic E-state index is 11.0. The normalized spacial score (nSPS) is 10.8. The monoisotopic (exact) mass is 456 g/mol. The first kappa shape index (κ1) is 18.0. The van der Waals surface area contributed by atoms with E-state index in [0.29, 0.717) is 0 Å². The van der Waals surface area contributed by atoms with Gasteiger partial charge in [0.25, 0.3) is 5.69 Å². The van der Waals surface area contributed by atoms with Crippen molar-refractivity contribution in [2.24, 2.45) is 5.10 Å². The summed E-state index contributed by atoms with van der Waals surface area (Å²) in [5.74, 6) is 0. The van der Waals surface area contributed by atoms with Crippen molar-refractivity contribution in [2.75, 3.05) is 5.43 Å². The Morgan fingerprint density at radius 2 is 1.71 bits per heavy atom. The largest absolute Gasteiger partial charge is 0.301 e. The highest BCUT2D eigenvalue weighted by Gasteiger charge is 2.19. The van der Waals surface area contributed by atoms with E-state index in [-0.39, 0.29) is 11.4 Å². The van der Waals surface area contributed by atoms with E-state index >= 15 is 0 Å². The van der Waals surface area contributed by atoms with Crippen molar-refractivity contribution in [1.82, 2.24) is 0 Å². The van der Waals surface area contributed by atoms with Crippen LogP contribution in [0.15, 0.2) is 44.4 Å². The first-order valence-corrected chi connectivity index (χ1v) is 8.05. The van der Waals surface area contributed by atoms with E-state index < -0.39 is 15.5 Å². The van der Waals surface area contributed by atoms with Crippen LogP contribution in [0, 0.1) is 27.2 Å². The van der Waals surface area contributed by atoms with E-state index in [1.54, 1.807) is 0 Å². The number of non-ortho nitro benzene ring substituents is 1. The molecule has 0 atom stereocenters. The quantitative estimate of drug-likeness (QED) is 0.394. The lowest BCUT2D eigenvalue weighted by atomic mass is 10.2. The summed E-state index contributed by atoms with van der Waals surface area (Å²) < 4.78 is 1.78. The predicted molar refractivity (Wildman–Crippen MR) is 97.5 cm³/mol. The minimum absolute atomic E-state index is 0.0621. The Balaban J connectivity index is 2.25. The van der Waals surface area contributed by atoms with Crippen molar-refractivity contribution in [3.63, 3.8) is 0 Å². The average Bonchev–Trinajstić information content (AvgIpc) is 2.52. The molecule has 2 rings (SSSR count). The van der Waals surface area contributed by atoms with Crippen LogP contribution in [-0.2, 0) is 0 Å². The topological polar surface area (TPSA) is 111 Å². The number of nitro groups is 2. The molecule has 2 aromatic rings. The van der Waals surface area contributed by atoms with E-state index in [1.807, 2.05) is 19.1 Å². The fourth-order valence-corrected chi connectivity index (χ4v) is 3.02. The molecule has 0 aliphatic heterocycles. The van der Waals surface area contributed by atoms with Gasteiger partial charge in [-0.3, -0.25) is 25.7 Å². The molecule has 0 bridgehead atoms. The van der Waals surface area contributed by atoms with E-state index in [4.69, 9.17) is 0 Å². The highest BCUT2D eigenvalue weighted by atomic mass is 79.9. The second-order valence-corrected chi connectivity index (χ2v) is 6.40. The van der Waals surface area contributed by atoms with Crippen molar-refractivity contribution in [1.29, 1.82) is 0 Å². The van der Waals surface area contributed by atoms with Crippen LogP contribution < -0.4 is 5.43 Å². The molecule has 2 aromatic carbocycles. The molecule has 0 aliphatic carbocycles. The van der Waals surface area contributed by atoms with Crippen LogP contribution in [0.3, 0.4) is 0 Å². The number of hydrazone groups is 1. The fourth-order valence-electron chi connectivity index (χ4n) is 1.79. The van der Waals surface area contributed by atoms with Gasteiger partial charge in [-0.2, -0.15) is 5.10 Å². The van der Waals surface area contributed by atoms with Gasteiger partial charge in [0.1, 0.15) is 5.69 Å². The summed E-state index contributed by atoms with van der Waals surface area (Å²) >= 11 is 6.84. The Labute approximate surface area is 153 Å². The number of nitrogens with zero attached hydrogens (tertiary/aromatic N) is 3. The van der Waals surface area contributed by atoms with Gasteiger partial charge in [0.2, 0.25) is 0 Å². The number of anilines is 1. The molecule has 0 radical (unpaired) electrons. The molecule has 10 heteroatoms. The smallest absolute Gasteiger partial charge is 0.272 e. The lowest BCUT2D eigenvalue weighted by Crippen LogP contribution is -1.99. The Kier molecular flexibility index (Phi) is 5.62. The minimum Gasteiger partial charge on any atom is -0.272 e. The number of halogens is 2. The van der Waals surface area contributed by atoms with Gasteiger partial charge in [-0.15, -0.1) is 0 Å². The fraction of sp³-hybridized carbons (Fsp3) is 0.0714. The Bertz CT molecular complexity index is 832. The molecule has 0 saturated carbocycles. The molecule has 0 saturated heterocycles. The lowest BCUT2D eigenvalue weighted by molar-refractivity contribution is -0.393. The van der Waals surface area contributed by atoms with Crippen molar-refractivity contribution in [2.45, 2.75) is 6.92 Å². The van der Waals surface area contributed by atoms with Gasteiger partial charge >= 0.3 is 5.69 Å². The Morgan fingerprint density at radius 1 is 1.08 bits per heavy atom. The number of hydrogen-bond acceptors (Lipinski definition) is 6. The molecule has 0 amide bonds. The van der Waals surface area contributed by atoms with Crippen molar-refractivity contribution < 1.29 is 9.85 Å². The van der Waals surface area contributed by atoms with Gasteiger partial charge in [-0.05, 0) is 36.2 Å². The number of benzene rings is 2. The van der Waals surface area contributed by atoms with Gasteiger partial charge in [-0.1, -0.05) is 31.9 Å². The molecule has 0 fully saturated rings. The van der Waals surface area contributed by atoms with Gasteiger partial charge in [0.15, 0.2) is 0 Å². The van der Waals surface area contributed by atoms with E-state index in [2.05, 4.69) is 42.4 Å². The summed E-state index contributed by atoms with van der Waals surface area (Å²) in [5.41, 5.74) is 3.61. The summed E-state index contributed by atoms with van der Waals surface area (Å²) in [6.45, 7) is 1.94. The zero-order valence-electron chi connectivity index (χ0n) is 12.2. The van der Waals surface area contributed by atoms with E-state index in [1.165, 1.54) is 18.3 Å². The second-order valence-electron chi connectivity index (χ2n) is 4.70. The average molecular weight is 458 g/mol. The molecule has 24 heavy (non-hydrogen) atoms. The van der Waals surface area contributed by atoms with E-state index in [9.17, 15) is 20.2 Å². The molecule has 8 nitrogen and oxygen atoms in total. The number of rotatable bonds is 5. The standard InChI is InChI=1S/C14H10Br2N4O4/c1-8-11(15)4-9(5-12(8)16)7-17-18-13-3-2-10(19(21)22)6-14(13)20(23)24/h2-7,18H,1H3/b17-7+. The van der Waals surface area contributed by atoms with Crippen molar-refractivity contribution >= 4 is 55.1 Å². The van der Waals surface area contributed by atoms with Crippen LogP contribution in [0.25, 0.3) is 0 Å². The van der Waals surface area contributed by atoms with Gasteiger partial charge in [0.05, 0.1) is 22.1 Å². The number of nitro benzene ring substituents is 2. The first-order valence-electron chi connectivity index (χ1n) is 6.47. The number of hydrogen-bond donors (Lipinski definition) is 1. The zero-order valence-corrected chi connectivity index (χ0v) is 15.4. The zero-order chi connectivity index (χ0) is 17.9. The SMILES string of the molecule is Cc1c(Br)cc(/C=N/Nc2ccc([N+](=O)[O-])cc2[N+](=O)[O-])cc1Br. The summed E-state index contributed by atoms with van der Waals surface area (Å²) in [6, 6.07) is 6.99. The van der Waals surface area contributed by atoms with Crippen LogP contribution in [0.5, 0.6) is 0 Å². The summed E-state index contributed by atoms with van der Waals surface area (Å²) in [5, 5.41) is 25.7. The Hall–Kier alpha value is -2.33. The van der Waals surface area contributed by atoms with Gasteiger partial charge in [0, 0.05) is 15.0 Å². The first-order chi connectivity index (χ1) is 11.3. The highest BCUT2D eigenvalue weighted by molar-refractivity contribution is 9.11. The third-order valence-corrected chi connectivity index (χ3v) is 4.74. The highest BCUT2D eigenvalue weighted by Crippen LogP contribution is 2.29. The summed E-state index contributed by atoms with van der Waals surface area (Å²) in [6.07, 6.45) is 1.49. The van der Waals surface area contributed by atoms with Gasteiger partial charge in [-0.25, -0.2) is 0 Å². The maximum atomic E-state index is 11.0. The maximum Gasteiger partial charge on any atom is 0.301 e. The molecule has 0 unspecified atom stereocenters. The Morgan fingerprint density at radius 3 is 2.25 bits per heavy atom. The molecular weight excluding hydrogens is 448 g/mol. The molecule has 0 aliphatic rings. The molecule has 124 valence electrons. The molecule has 0 spiro atoms. The predicted octanol–water partition coefficient (Wildman–Crippen LogP) is 4.78. The molecule has 1 N–H and O–H groups in total. The van der Waals surface area contributed by atoms with Crippen LogP contribution in [0.1, 0.15) is 11.1 Å².